The molecule has 0 aromatic heterocycles. The van der Waals surface area contributed by atoms with Crippen molar-refractivity contribution in [3.8, 4) is 0 Å². The van der Waals surface area contributed by atoms with Crippen molar-refractivity contribution in [1.29, 1.82) is 0 Å². The van der Waals surface area contributed by atoms with Gasteiger partial charge in [0.1, 0.15) is 5.54 Å². The van der Waals surface area contributed by atoms with Crippen LogP contribution in [0, 0.1) is 0 Å². The highest BCUT2D eigenvalue weighted by molar-refractivity contribution is 6.07. The van der Waals surface area contributed by atoms with Gasteiger partial charge in [-0.1, -0.05) is 18.2 Å². The van der Waals surface area contributed by atoms with Gasteiger partial charge in [0, 0.05) is 11.3 Å². The molecule has 132 valence electrons. The van der Waals surface area contributed by atoms with Crippen LogP contribution < -0.4 is 16.0 Å². The van der Waals surface area contributed by atoms with E-state index in [1.54, 1.807) is 37.3 Å². The van der Waals surface area contributed by atoms with Crippen molar-refractivity contribution in [2.45, 2.75) is 25.7 Å². The first-order chi connectivity index (χ1) is 12.5. The van der Waals surface area contributed by atoms with Crippen LogP contribution in [-0.4, -0.2) is 17.8 Å². The molecule has 1 fully saturated rings. The van der Waals surface area contributed by atoms with Crippen LogP contribution in [0.15, 0.2) is 42.5 Å². The fourth-order valence-corrected chi connectivity index (χ4v) is 3.17. The predicted molar refractivity (Wildman–Crippen MR) is 93.4 cm³/mol. The van der Waals surface area contributed by atoms with E-state index in [2.05, 4.69) is 16.0 Å². The number of hydrogen-bond acceptors (Lipinski definition) is 4. The van der Waals surface area contributed by atoms with E-state index in [1.165, 1.54) is 0 Å². The molecule has 1 saturated heterocycles. The number of amides is 4. The largest absolute Gasteiger partial charge is 0.372 e. The van der Waals surface area contributed by atoms with Gasteiger partial charge in [0.05, 0.1) is 13.2 Å². The van der Waals surface area contributed by atoms with E-state index in [4.69, 9.17) is 4.74 Å². The van der Waals surface area contributed by atoms with E-state index in [9.17, 15) is 14.4 Å². The van der Waals surface area contributed by atoms with E-state index in [1.807, 2.05) is 12.1 Å². The van der Waals surface area contributed by atoms with Crippen LogP contribution in [0.25, 0.3) is 0 Å². The lowest BCUT2D eigenvalue weighted by atomic mass is 9.92. The van der Waals surface area contributed by atoms with Gasteiger partial charge in [0.2, 0.25) is 0 Å². The summed E-state index contributed by atoms with van der Waals surface area (Å²) < 4.78 is 5.37. The molecule has 0 unspecified atom stereocenters. The SMILES string of the molecule is C[C@@]1(c2cccc(NC(=O)c3ccc4c(c3)COC4)c2)NC(=O)NC1=O. The molecule has 2 heterocycles. The third-order valence-electron chi connectivity index (χ3n) is 4.73. The second kappa shape index (κ2) is 5.96. The zero-order valence-electron chi connectivity index (χ0n) is 14.1. The Kier molecular flexibility index (Phi) is 3.73. The fourth-order valence-electron chi connectivity index (χ4n) is 3.17. The fraction of sp³-hybridized carbons (Fsp3) is 0.211. The minimum Gasteiger partial charge on any atom is -0.372 e. The maximum absolute atomic E-state index is 12.5. The summed E-state index contributed by atoms with van der Waals surface area (Å²) in [5.41, 5.74) is 2.62. The molecule has 7 heteroatoms. The number of benzene rings is 2. The minimum absolute atomic E-state index is 0.248. The second-order valence-corrected chi connectivity index (χ2v) is 6.54. The first kappa shape index (κ1) is 16.3. The van der Waals surface area contributed by atoms with Crippen LogP contribution in [-0.2, 0) is 28.3 Å². The Morgan fingerprint density at radius 2 is 1.92 bits per heavy atom. The van der Waals surface area contributed by atoms with Crippen molar-refractivity contribution in [3.05, 3.63) is 64.7 Å². The van der Waals surface area contributed by atoms with Gasteiger partial charge < -0.3 is 15.4 Å². The topological polar surface area (TPSA) is 96.5 Å². The monoisotopic (exact) mass is 351 g/mol. The quantitative estimate of drug-likeness (QED) is 0.737. The van der Waals surface area contributed by atoms with Gasteiger partial charge in [-0.25, -0.2) is 4.79 Å². The molecule has 3 N–H and O–H groups in total. The van der Waals surface area contributed by atoms with Crippen LogP contribution >= 0.6 is 0 Å². The van der Waals surface area contributed by atoms with Crippen LogP contribution in [0.1, 0.15) is 34.0 Å². The van der Waals surface area contributed by atoms with Crippen LogP contribution in [0.2, 0.25) is 0 Å². The summed E-state index contributed by atoms with van der Waals surface area (Å²) in [5.74, 6) is -0.675. The average molecular weight is 351 g/mol. The van der Waals surface area contributed by atoms with Gasteiger partial charge >= 0.3 is 6.03 Å². The molecule has 4 rings (SSSR count). The van der Waals surface area contributed by atoms with Crippen molar-refractivity contribution in [1.82, 2.24) is 10.6 Å². The first-order valence-corrected chi connectivity index (χ1v) is 8.21. The van der Waals surface area contributed by atoms with Crippen molar-refractivity contribution < 1.29 is 19.1 Å². The van der Waals surface area contributed by atoms with Crippen molar-refractivity contribution in [3.63, 3.8) is 0 Å². The average Bonchev–Trinajstić information content (AvgIpc) is 3.19. The smallest absolute Gasteiger partial charge is 0.322 e. The molecule has 4 amide bonds. The molecule has 2 aliphatic rings. The van der Waals surface area contributed by atoms with Crippen LogP contribution in [0.4, 0.5) is 10.5 Å². The summed E-state index contributed by atoms with van der Waals surface area (Å²) in [6.45, 7) is 2.71. The van der Waals surface area contributed by atoms with Gasteiger partial charge in [-0.3, -0.25) is 14.9 Å². The maximum atomic E-state index is 12.5. The van der Waals surface area contributed by atoms with Crippen molar-refractivity contribution in [2.75, 3.05) is 5.32 Å². The number of rotatable bonds is 3. The lowest BCUT2D eigenvalue weighted by Gasteiger charge is -2.21. The number of nitrogens with one attached hydrogen (secondary N) is 3. The maximum Gasteiger partial charge on any atom is 0.322 e. The Balaban J connectivity index is 1.57. The highest BCUT2D eigenvalue weighted by Crippen LogP contribution is 2.27. The zero-order valence-corrected chi connectivity index (χ0v) is 14.1. The Bertz CT molecular complexity index is 940. The van der Waals surface area contributed by atoms with Crippen molar-refractivity contribution in [2.24, 2.45) is 0 Å². The molecule has 1 atom stereocenters. The summed E-state index contributed by atoms with van der Waals surface area (Å²) in [6, 6.07) is 11.8. The van der Waals surface area contributed by atoms with Crippen molar-refractivity contribution >= 4 is 23.5 Å². The van der Waals surface area contributed by atoms with E-state index in [-0.39, 0.29) is 5.91 Å². The number of hydrogen-bond donors (Lipinski definition) is 3. The van der Waals surface area contributed by atoms with Gasteiger partial charge in [-0.05, 0) is 47.9 Å². The van der Waals surface area contributed by atoms with Gasteiger partial charge in [-0.15, -0.1) is 0 Å². The molecule has 0 bridgehead atoms. The molecule has 0 aliphatic carbocycles. The molecule has 2 aromatic carbocycles. The predicted octanol–water partition coefficient (Wildman–Crippen LogP) is 2.02. The van der Waals surface area contributed by atoms with Crippen LogP contribution in [0.3, 0.4) is 0 Å². The summed E-state index contributed by atoms with van der Waals surface area (Å²) in [7, 11) is 0. The normalized spacial score (nSPS) is 21.1. The summed E-state index contributed by atoms with van der Waals surface area (Å²) in [4.78, 5) is 36.1. The van der Waals surface area contributed by atoms with E-state index in [0.717, 1.165) is 11.1 Å². The molecule has 26 heavy (non-hydrogen) atoms. The van der Waals surface area contributed by atoms with Crippen LogP contribution in [0.5, 0.6) is 0 Å². The van der Waals surface area contributed by atoms with E-state index >= 15 is 0 Å². The number of ether oxygens (including phenoxy) is 1. The lowest BCUT2D eigenvalue weighted by molar-refractivity contribution is -0.123. The molecule has 7 nitrogen and oxygen atoms in total. The number of fused-ring (bicyclic) bond motifs is 1. The third kappa shape index (κ3) is 2.72. The zero-order chi connectivity index (χ0) is 18.3. The molecular formula is C19H17N3O4. The van der Waals surface area contributed by atoms with Gasteiger partial charge in [-0.2, -0.15) is 0 Å². The summed E-state index contributed by atoms with van der Waals surface area (Å²) in [6.07, 6.45) is 0. The highest BCUT2D eigenvalue weighted by atomic mass is 16.5. The molecule has 0 saturated carbocycles. The Morgan fingerprint density at radius 3 is 2.69 bits per heavy atom. The van der Waals surface area contributed by atoms with E-state index in [0.29, 0.717) is 30.0 Å². The Labute approximate surface area is 149 Å². The third-order valence-corrected chi connectivity index (χ3v) is 4.73. The van der Waals surface area contributed by atoms with Gasteiger partial charge in [0.25, 0.3) is 11.8 Å². The molecular weight excluding hydrogens is 334 g/mol. The number of urea groups is 1. The second-order valence-electron chi connectivity index (χ2n) is 6.54. The molecule has 2 aromatic rings. The Morgan fingerprint density at radius 1 is 1.12 bits per heavy atom. The number of imide groups is 1. The molecule has 0 radical (unpaired) electrons. The number of anilines is 1. The summed E-state index contributed by atoms with van der Waals surface area (Å²) in [5, 5.41) is 7.67. The lowest BCUT2D eigenvalue weighted by Crippen LogP contribution is -2.40. The molecule has 0 spiro atoms. The number of carbonyl (C=O) groups excluding carboxylic acids is 3. The van der Waals surface area contributed by atoms with Gasteiger partial charge in [0.15, 0.2) is 0 Å². The Hall–Kier alpha value is -3.19. The standard InChI is InChI=1S/C19H17N3O4/c1-19(17(24)21-18(25)22-19)14-3-2-4-15(8-14)20-16(23)11-5-6-12-9-26-10-13(12)7-11/h2-8H,9-10H2,1H3,(H,20,23)(H2,21,22,24,25)/t19-/m0/s1. The summed E-state index contributed by atoms with van der Waals surface area (Å²) >= 11 is 0. The number of carbonyl (C=O) groups is 3. The first-order valence-electron chi connectivity index (χ1n) is 8.21. The van der Waals surface area contributed by atoms with E-state index < -0.39 is 17.5 Å². The molecule has 2 aliphatic heterocycles. The minimum atomic E-state index is -1.16. The highest BCUT2D eigenvalue weighted by Gasteiger charge is 2.43.